The average Bonchev–Trinajstić information content (AvgIpc) is 2.76. The molecule has 8 heteroatoms. The van der Waals surface area contributed by atoms with Gasteiger partial charge >= 0.3 is 5.97 Å². The maximum absolute atomic E-state index is 11.6. The largest absolute Gasteiger partial charge is 0.468 e. The molecule has 0 radical (unpaired) electrons. The first-order chi connectivity index (χ1) is 8.11. The highest BCUT2D eigenvalue weighted by Crippen LogP contribution is 2.19. The normalized spacial score (nSPS) is 12.6. The number of carbonyl (C=O) groups is 1. The fraction of sp³-hybridized carbons (Fsp3) is 0.333. The summed E-state index contributed by atoms with van der Waals surface area (Å²) < 4.78 is 4.59. The highest BCUT2D eigenvalue weighted by atomic mass is 32.2. The molecule has 0 spiro atoms. The molecule has 2 heterocycles. The van der Waals surface area contributed by atoms with Gasteiger partial charge < -0.3 is 9.72 Å². The Labute approximate surface area is 100 Å². The van der Waals surface area contributed by atoms with Crippen LogP contribution in [0, 0.1) is 0 Å². The summed E-state index contributed by atoms with van der Waals surface area (Å²) in [5, 5.41) is -0.105. The molecule has 0 aromatic carbocycles. The third kappa shape index (κ3) is 2.31. The van der Waals surface area contributed by atoms with E-state index in [9.17, 15) is 9.59 Å². The topological polar surface area (TPSA) is 101 Å². The number of imidazole rings is 1. The van der Waals surface area contributed by atoms with E-state index < -0.39 is 5.25 Å². The maximum atomic E-state index is 11.6. The van der Waals surface area contributed by atoms with Crippen LogP contribution in [0.3, 0.4) is 0 Å². The van der Waals surface area contributed by atoms with E-state index >= 15 is 0 Å². The first kappa shape index (κ1) is 11.6. The third-order valence-corrected chi connectivity index (χ3v) is 3.06. The molecular weight excluding hydrogens is 244 g/mol. The number of hydrogen-bond acceptors (Lipinski definition) is 6. The summed E-state index contributed by atoms with van der Waals surface area (Å²) in [7, 11) is 1.31. The Morgan fingerprint density at radius 3 is 3.06 bits per heavy atom. The van der Waals surface area contributed by atoms with Crippen molar-refractivity contribution in [3.8, 4) is 0 Å². The van der Waals surface area contributed by atoms with E-state index in [0.29, 0.717) is 16.3 Å². The first-order valence-electron chi connectivity index (χ1n) is 4.79. The van der Waals surface area contributed by atoms with Gasteiger partial charge in [0.25, 0.3) is 5.56 Å². The van der Waals surface area contributed by atoms with E-state index in [-0.39, 0.29) is 11.5 Å². The summed E-state index contributed by atoms with van der Waals surface area (Å²) in [6.07, 6.45) is 1.39. The Morgan fingerprint density at radius 2 is 2.35 bits per heavy atom. The number of aromatic amines is 2. The Kier molecular flexibility index (Phi) is 3.14. The molecule has 0 aliphatic rings. The number of aromatic nitrogens is 4. The lowest BCUT2D eigenvalue weighted by molar-refractivity contribution is -0.139. The molecule has 17 heavy (non-hydrogen) atoms. The predicted octanol–water partition coefficient (Wildman–Crippen LogP) is 0.300. The molecule has 2 N–H and O–H groups in total. The Bertz CT molecular complexity index is 606. The zero-order valence-electron chi connectivity index (χ0n) is 9.18. The molecular formula is C9H10N4O3S. The van der Waals surface area contributed by atoms with Crippen molar-refractivity contribution in [3.63, 3.8) is 0 Å². The number of H-pyrrole nitrogens is 2. The molecule has 2 aromatic rings. The van der Waals surface area contributed by atoms with Crippen LogP contribution in [0.4, 0.5) is 0 Å². The lowest BCUT2D eigenvalue weighted by atomic mass is 10.5. The fourth-order valence-corrected chi connectivity index (χ4v) is 2.08. The minimum atomic E-state index is -0.445. The summed E-state index contributed by atoms with van der Waals surface area (Å²) in [6, 6.07) is 0. The summed E-state index contributed by atoms with van der Waals surface area (Å²) in [5.74, 6) is -0.375. The van der Waals surface area contributed by atoms with Gasteiger partial charge in [0.15, 0.2) is 16.3 Å². The summed E-state index contributed by atoms with van der Waals surface area (Å²) in [6.45, 7) is 1.67. The van der Waals surface area contributed by atoms with Crippen LogP contribution in [0.2, 0.25) is 0 Å². The zero-order chi connectivity index (χ0) is 12.4. The summed E-state index contributed by atoms with van der Waals surface area (Å²) in [4.78, 5) is 36.1. The van der Waals surface area contributed by atoms with Crippen molar-refractivity contribution in [3.05, 3.63) is 16.7 Å². The second-order valence-electron chi connectivity index (χ2n) is 3.26. The van der Waals surface area contributed by atoms with E-state index in [0.717, 1.165) is 11.8 Å². The molecule has 0 saturated heterocycles. The molecule has 0 amide bonds. The number of thioether (sulfide) groups is 1. The number of ether oxygens (including phenoxy) is 1. The van der Waals surface area contributed by atoms with Gasteiger partial charge in [0.1, 0.15) is 5.25 Å². The maximum Gasteiger partial charge on any atom is 0.318 e. The van der Waals surface area contributed by atoms with E-state index in [1.54, 1.807) is 6.92 Å². The minimum absolute atomic E-state index is 0.313. The Hall–Kier alpha value is -1.83. The van der Waals surface area contributed by atoms with Crippen LogP contribution >= 0.6 is 11.8 Å². The van der Waals surface area contributed by atoms with Gasteiger partial charge in [0.05, 0.1) is 13.4 Å². The van der Waals surface area contributed by atoms with Crippen molar-refractivity contribution in [2.45, 2.75) is 17.3 Å². The van der Waals surface area contributed by atoms with Gasteiger partial charge in [-0.05, 0) is 6.92 Å². The van der Waals surface area contributed by atoms with E-state index in [2.05, 4.69) is 24.7 Å². The molecule has 0 fully saturated rings. The number of nitrogens with zero attached hydrogens (tertiary/aromatic N) is 2. The van der Waals surface area contributed by atoms with Crippen molar-refractivity contribution in [1.82, 2.24) is 19.9 Å². The van der Waals surface area contributed by atoms with Crippen LogP contribution in [-0.2, 0) is 9.53 Å². The number of nitrogens with one attached hydrogen (secondary N) is 2. The molecule has 1 atom stereocenters. The van der Waals surface area contributed by atoms with Crippen LogP contribution in [0.1, 0.15) is 6.92 Å². The zero-order valence-corrected chi connectivity index (χ0v) is 10.00. The second-order valence-corrected chi connectivity index (χ2v) is 4.58. The number of esters is 1. The summed E-state index contributed by atoms with van der Waals surface area (Å²) in [5.41, 5.74) is 0.334. The Balaban J connectivity index is 2.30. The number of fused-ring (bicyclic) bond motifs is 1. The molecule has 90 valence electrons. The van der Waals surface area contributed by atoms with Gasteiger partial charge in [0.2, 0.25) is 0 Å². The van der Waals surface area contributed by atoms with Crippen molar-refractivity contribution < 1.29 is 9.53 Å². The van der Waals surface area contributed by atoms with Gasteiger partial charge in [-0.2, -0.15) is 0 Å². The molecule has 0 aliphatic carbocycles. The van der Waals surface area contributed by atoms with E-state index in [1.807, 2.05) is 0 Å². The fourth-order valence-electron chi connectivity index (χ4n) is 1.26. The average molecular weight is 254 g/mol. The highest BCUT2D eigenvalue weighted by molar-refractivity contribution is 8.00. The van der Waals surface area contributed by atoms with Crippen molar-refractivity contribution >= 4 is 28.9 Å². The molecule has 0 bridgehead atoms. The number of methoxy groups -OCH3 is 1. The van der Waals surface area contributed by atoms with Gasteiger partial charge in [-0.1, -0.05) is 11.8 Å². The van der Waals surface area contributed by atoms with Gasteiger partial charge in [-0.3, -0.25) is 14.6 Å². The monoisotopic (exact) mass is 254 g/mol. The minimum Gasteiger partial charge on any atom is -0.468 e. The number of hydrogen-bond donors (Lipinski definition) is 2. The van der Waals surface area contributed by atoms with Gasteiger partial charge in [-0.15, -0.1) is 0 Å². The second kappa shape index (κ2) is 4.58. The van der Waals surface area contributed by atoms with Crippen molar-refractivity contribution in [1.29, 1.82) is 0 Å². The van der Waals surface area contributed by atoms with Crippen LogP contribution in [0.25, 0.3) is 11.2 Å². The van der Waals surface area contributed by atoms with Crippen LogP contribution in [0.15, 0.2) is 16.3 Å². The molecule has 7 nitrogen and oxygen atoms in total. The third-order valence-electron chi connectivity index (χ3n) is 2.10. The van der Waals surface area contributed by atoms with Gasteiger partial charge in [0, 0.05) is 0 Å². The standard InChI is InChI=1S/C9H10N4O3S/c1-4(8(15)16-2)17-9-12-6-5(7(14)13-9)10-3-11-6/h3-4H,1-2H3,(H2,10,11,12,13,14). The van der Waals surface area contributed by atoms with E-state index in [1.165, 1.54) is 13.4 Å². The van der Waals surface area contributed by atoms with Crippen LogP contribution < -0.4 is 5.56 Å². The highest BCUT2D eigenvalue weighted by Gasteiger charge is 2.17. The van der Waals surface area contributed by atoms with Crippen LogP contribution in [-0.4, -0.2) is 38.3 Å². The quantitative estimate of drug-likeness (QED) is 0.464. The predicted molar refractivity (Wildman–Crippen MR) is 61.8 cm³/mol. The van der Waals surface area contributed by atoms with E-state index in [4.69, 9.17) is 0 Å². The first-order valence-corrected chi connectivity index (χ1v) is 5.67. The van der Waals surface area contributed by atoms with Crippen molar-refractivity contribution in [2.24, 2.45) is 0 Å². The van der Waals surface area contributed by atoms with Gasteiger partial charge in [-0.25, -0.2) is 9.97 Å². The molecule has 0 aliphatic heterocycles. The molecule has 2 rings (SSSR count). The molecule has 2 aromatic heterocycles. The van der Waals surface area contributed by atoms with Crippen molar-refractivity contribution in [2.75, 3.05) is 7.11 Å². The lowest BCUT2D eigenvalue weighted by Gasteiger charge is -2.07. The smallest absolute Gasteiger partial charge is 0.318 e. The lowest BCUT2D eigenvalue weighted by Crippen LogP contribution is -2.17. The molecule has 0 saturated carbocycles. The Morgan fingerprint density at radius 1 is 1.59 bits per heavy atom. The summed E-state index contributed by atoms with van der Waals surface area (Å²) >= 11 is 1.11. The van der Waals surface area contributed by atoms with Crippen LogP contribution in [0.5, 0.6) is 0 Å². The molecule has 1 unspecified atom stereocenters. The number of rotatable bonds is 3. The SMILES string of the molecule is COC(=O)C(C)Sc1nc2nc[nH]c2c(=O)[nH]1. The number of carbonyl (C=O) groups excluding carboxylic acids is 1.